The van der Waals surface area contributed by atoms with E-state index in [-0.39, 0.29) is 12.2 Å². The number of methoxy groups -OCH3 is 1. The third-order valence-corrected chi connectivity index (χ3v) is 3.43. The zero-order valence-electron chi connectivity index (χ0n) is 13.7. The molecule has 0 saturated heterocycles. The van der Waals surface area contributed by atoms with Crippen molar-refractivity contribution in [1.29, 1.82) is 0 Å². The molecule has 0 fully saturated rings. The molecule has 1 atom stereocenters. The normalized spacial score (nSPS) is 13.4. The Morgan fingerprint density at radius 3 is 2.27 bits per heavy atom. The van der Waals surface area contributed by atoms with Gasteiger partial charge in [-0.2, -0.15) is 13.2 Å². The summed E-state index contributed by atoms with van der Waals surface area (Å²) in [4.78, 5) is 27.9. The number of amides is 1. The monoisotopic (exact) mass is 367 g/mol. The second-order valence-corrected chi connectivity index (χ2v) is 5.29. The third kappa shape index (κ3) is 4.29. The average Bonchev–Trinajstić information content (AvgIpc) is 2.61. The second kappa shape index (κ2) is 7.85. The van der Waals surface area contributed by atoms with Crippen molar-refractivity contribution in [3.63, 3.8) is 0 Å². The van der Waals surface area contributed by atoms with Gasteiger partial charge in [0.15, 0.2) is 0 Å². The van der Waals surface area contributed by atoms with E-state index in [0.717, 1.165) is 7.11 Å². The van der Waals surface area contributed by atoms with Crippen molar-refractivity contribution in [2.75, 3.05) is 12.4 Å². The van der Waals surface area contributed by atoms with Gasteiger partial charge in [0, 0.05) is 6.20 Å². The van der Waals surface area contributed by atoms with Crippen molar-refractivity contribution in [3.8, 4) is 0 Å². The fraction of sp³-hybridized carbons (Fsp3) is 0.235. The Labute approximate surface area is 147 Å². The van der Waals surface area contributed by atoms with Crippen LogP contribution in [0.2, 0.25) is 0 Å². The smallest absolute Gasteiger partial charge is 0.441 e. The summed E-state index contributed by atoms with van der Waals surface area (Å²) < 4.78 is 45.7. The lowest BCUT2D eigenvalue weighted by atomic mass is 10.1. The largest absolute Gasteiger partial charge is 0.466 e. The van der Waals surface area contributed by atoms with Gasteiger partial charge in [-0.05, 0) is 17.7 Å². The Hall–Kier alpha value is -3.10. The molecule has 0 aliphatic heterocycles. The third-order valence-electron chi connectivity index (χ3n) is 3.43. The average molecular weight is 367 g/mol. The molecule has 0 spiro atoms. The van der Waals surface area contributed by atoms with Gasteiger partial charge in [0.2, 0.25) is 5.91 Å². The van der Waals surface area contributed by atoms with Gasteiger partial charge in [-0.1, -0.05) is 36.4 Å². The van der Waals surface area contributed by atoms with Crippen LogP contribution in [-0.2, 0) is 20.7 Å². The SMILES string of the molecule is COC(=O)[C@@](NC(=O)Cc1ccccc1)(Nc1ccccn1)C(F)(F)F. The zero-order chi connectivity index (χ0) is 19.2. The lowest BCUT2D eigenvalue weighted by Gasteiger charge is -2.34. The number of carbonyl (C=O) groups excluding carboxylic acids is 2. The van der Waals surface area contributed by atoms with Crippen LogP contribution >= 0.6 is 0 Å². The molecule has 2 aromatic rings. The number of hydrogen-bond acceptors (Lipinski definition) is 5. The van der Waals surface area contributed by atoms with E-state index in [0.29, 0.717) is 5.56 Å². The maximum absolute atomic E-state index is 13.8. The molecule has 26 heavy (non-hydrogen) atoms. The lowest BCUT2D eigenvalue weighted by Crippen LogP contribution is -2.69. The molecule has 0 unspecified atom stereocenters. The minimum atomic E-state index is -5.19. The van der Waals surface area contributed by atoms with Gasteiger partial charge < -0.3 is 15.4 Å². The number of hydrogen-bond donors (Lipinski definition) is 2. The molecule has 1 heterocycles. The van der Waals surface area contributed by atoms with Crippen LogP contribution < -0.4 is 10.6 Å². The molecule has 6 nitrogen and oxygen atoms in total. The van der Waals surface area contributed by atoms with E-state index in [2.05, 4.69) is 9.72 Å². The van der Waals surface area contributed by atoms with Crippen molar-refractivity contribution >= 4 is 17.7 Å². The molecule has 1 aromatic heterocycles. The van der Waals surface area contributed by atoms with E-state index in [1.165, 1.54) is 24.4 Å². The highest BCUT2D eigenvalue weighted by Crippen LogP contribution is 2.32. The van der Waals surface area contributed by atoms with Crippen molar-refractivity contribution in [3.05, 3.63) is 60.3 Å². The number of alkyl halides is 3. The Morgan fingerprint density at radius 1 is 1.08 bits per heavy atom. The van der Waals surface area contributed by atoms with Gasteiger partial charge in [-0.25, -0.2) is 9.78 Å². The standard InChI is InChI=1S/C17H16F3N3O3/c1-26-15(25)16(17(18,19)20,22-13-9-5-6-10-21-13)23-14(24)11-12-7-3-2-4-8-12/h2-10H,11H2,1H3,(H,21,22)(H,23,24)/t16-/m0/s1. The summed E-state index contributed by atoms with van der Waals surface area (Å²) in [5.41, 5.74) is -2.98. The number of anilines is 1. The summed E-state index contributed by atoms with van der Waals surface area (Å²) in [6.07, 6.45) is -4.30. The van der Waals surface area contributed by atoms with Gasteiger partial charge in [0.1, 0.15) is 5.82 Å². The first-order chi connectivity index (χ1) is 12.3. The number of aromatic nitrogens is 1. The summed E-state index contributed by atoms with van der Waals surface area (Å²) in [5, 5.41) is 3.69. The maximum Gasteiger partial charge on any atom is 0.441 e. The van der Waals surface area contributed by atoms with Crippen LogP contribution in [0, 0.1) is 0 Å². The number of halogens is 3. The molecule has 138 valence electrons. The van der Waals surface area contributed by atoms with Crippen LogP contribution in [0.25, 0.3) is 0 Å². The molecule has 1 aromatic carbocycles. The van der Waals surface area contributed by atoms with Gasteiger partial charge >= 0.3 is 17.8 Å². The molecule has 0 bridgehead atoms. The molecule has 2 N–H and O–H groups in total. The Bertz CT molecular complexity index is 754. The number of ether oxygens (including phenoxy) is 1. The van der Waals surface area contributed by atoms with Crippen LogP contribution in [-0.4, -0.2) is 35.8 Å². The topological polar surface area (TPSA) is 80.3 Å². The Kier molecular flexibility index (Phi) is 5.81. The Morgan fingerprint density at radius 2 is 1.73 bits per heavy atom. The highest BCUT2D eigenvalue weighted by Gasteiger charge is 2.63. The van der Waals surface area contributed by atoms with E-state index < -0.39 is 23.7 Å². The first-order valence-corrected chi connectivity index (χ1v) is 7.48. The molecule has 9 heteroatoms. The number of benzene rings is 1. The summed E-state index contributed by atoms with van der Waals surface area (Å²) in [5.74, 6) is -2.98. The first-order valence-electron chi connectivity index (χ1n) is 7.48. The van der Waals surface area contributed by atoms with Crippen molar-refractivity contribution in [2.45, 2.75) is 18.3 Å². The predicted molar refractivity (Wildman–Crippen MR) is 87.0 cm³/mol. The van der Waals surface area contributed by atoms with Crippen molar-refractivity contribution in [1.82, 2.24) is 10.3 Å². The second-order valence-electron chi connectivity index (χ2n) is 5.29. The molecule has 0 aliphatic carbocycles. The van der Waals surface area contributed by atoms with Gasteiger partial charge in [0.25, 0.3) is 0 Å². The van der Waals surface area contributed by atoms with E-state index in [9.17, 15) is 22.8 Å². The fourth-order valence-electron chi connectivity index (χ4n) is 2.21. The minimum absolute atomic E-state index is 0.254. The van der Waals surface area contributed by atoms with Crippen LogP contribution in [0.15, 0.2) is 54.7 Å². The first kappa shape index (κ1) is 19.2. The van der Waals surface area contributed by atoms with E-state index in [4.69, 9.17) is 0 Å². The van der Waals surface area contributed by atoms with E-state index in [1.807, 2.05) is 5.32 Å². The van der Waals surface area contributed by atoms with Crippen molar-refractivity contribution in [2.24, 2.45) is 0 Å². The molecule has 2 rings (SSSR count). The number of nitrogens with one attached hydrogen (secondary N) is 2. The predicted octanol–water partition coefficient (Wildman–Crippen LogP) is 2.28. The molecular formula is C17H16F3N3O3. The summed E-state index contributed by atoms with van der Waals surface area (Å²) >= 11 is 0. The highest BCUT2D eigenvalue weighted by atomic mass is 19.4. The molecule has 1 amide bonds. The van der Waals surface area contributed by atoms with Crippen LogP contribution in [0.5, 0.6) is 0 Å². The molecular weight excluding hydrogens is 351 g/mol. The summed E-state index contributed by atoms with van der Waals surface area (Å²) in [6.45, 7) is 0. The van der Waals surface area contributed by atoms with Crippen LogP contribution in [0.4, 0.5) is 19.0 Å². The number of esters is 1. The number of nitrogens with zero attached hydrogens (tertiary/aromatic N) is 1. The van der Waals surface area contributed by atoms with E-state index in [1.54, 1.807) is 35.6 Å². The van der Waals surface area contributed by atoms with Gasteiger partial charge in [-0.15, -0.1) is 0 Å². The van der Waals surface area contributed by atoms with E-state index >= 15 is 0 Å². The number of carbonyl (C=O) groups is 2. The van der Waals surface area contributed by atoms with Crippen molar-refractivity contribution < 1.29 is 27.5 Å². The number of pyridine rings is 1. The highest BCUT2D eigenvalue weighted by molar-refractivity contribution is 5.91. The Balaban J connectivity index is 2.35. The summed E-state index contributed by atoms with van der Waals surface area (Å²) in [6, 6.07) is 12.3. The fourth-order valence-corrected chi connectivity index (χ4v) is 2.21. The quantitative estimate of drug-likeness (QED) is 0.605. The number of rotatable bonds is 6. The maximum atomic E-state index is 13.8. The summed E-state index contributed by atoms with van der Waals surface area (Å²) in [7, 11) is 0.798. The molecule has 0 saturated carbocycles. The van der Waals surface area contributed by atoms with Crippen LogP contribution in [0.3, 0.4) is 0 Å². The molecule has 0 aliphatic rings. The zero-order valence-corrected chi connectivity index (χ0v) is 13.7. The lowest BCUT2D eigenvalue weighted by molar-refractivity contribution is -0.206. The van der Waals surface area contributed by atoms with Gasteiger partial charge in [0.05, 0.1) is 13.5 Å². The minimum Gasteiger partial charge on any atom is -0.466 e. The molecule has 0 radical (unpaired) electrons. The van der Waals surface area contributed by atoms with Crippen LogP contribution in [0.1, 0.15) is 5.56 Å². The van der Waals surface area contributed by atoms with Gasteiger partial charge in [-0.3, -0.25) is 4.79 Å².